The Labute approximate surface area is 213 Å². The van der Waals surface area contributed by atoms with Gasteiger partial charge in [0.05, 0.1) is 34.1 Å². The molecule has 37 heavy (non-hydrogen) atoms. The van der Waals surface area contributed by atoms with Gasteiger partial charge in [0.15, 0.2) is 0 Å². The fourth-order valence-electron chi connectivity index (χ4n) is 7.67. The molecule has 1 spiro atoms. The lowest BCUT2D eigenvalue weighted by Gasteiger charge is -2.38. The molecule has 4 aromatic rings. The van der Waals surface area contributed by atoms with E-state index in [1.165, 1.54) is 4.90 Å². The quantitative estimate of drug-likeness (QED) is 0.383. The summed E-state index contributed by atoms with van der Waals surface area (Å²) in [6.45, 7) is 2.68. The summed E-state index contributed by atoms with van der Waals surface area (Å²) in [7, 11) is 0. The van der Waals surface area contributed by atoms with Gasteiger partial charge in [0.25, 0.3) is 5.56 Å². The second kappa shape index (κ2) is 7.01. The van der Waals surface area contributed by atoms with Gasteiger partial charge in [-0.2, -0.15) is 0 Å². The predicted molar refractivity (Wildman–Crippen MR) is 138 cm³/mol. The summed E-state index contributed by atoms with van der Waals surface area (Å²) in [6, 6.07) is 22.6. The van der Waals surface area contributed by atoms with Crippen LogP contribution in [0, 0.1) is 18.8 Å². The van der Waals surface area contributed by atoms with Crippen molar-refractivity contribution in [2.45, 2.75) is 31.3 Å². The average molecular weight is 489 g/mol. The van der Waals surface area contributed by atoms with Crippen molar-refractivity contribution in [1.82, 2.24) is 14.5 Å². The van der Waals surface area contributed by atoms with E-state index in [2.05, 4.69) is 4.90 Å². The van der Waals surface area contributed by atoms with Crippen LogP contribution in [0.3, 0.4) is 0 Å². The first kappa shape index (κ1) is 21.0. The van der Waals surface area contributed by atoms with Gasteiger partial charge in [-0.1, -0.05) is 48.5 Å². The number of nitrogens with zero attached hydrogens (tertiary/aromatic N) is 4. The van der Waals surface area contributed by atoms with Crippen LogP contribution >= 0.6 is 0 Å². The molecule has 1 aromatic heterocycles. The van der Waals surface area contributed by atoms with Crippen LogP contribution in [0.2, 0.25) is 0 Å². The van der Waals surface area contributed by atoms with Crippen molar-refractivity contribution in [3.05, 3.63) is 100 Å². The van der Waals surface area contributed by atoms with Crippen LogP contribution in [0.15, 0.2) is 77.6 Å². The van der Waals surface area contributed by atoms with Gasteiger partial charge >= 0.3 is 0 Å². The Kier molecular flexibility index (Phi) is 3.99. The number of carbonyl (C=O) groups is 2. The second-order valence-corrected chi connectivity index (χ2v) is 10.6. The van der Waals surface area contributed by atoms with Gasteiger partial charge in [-0.3, -0.25) is 23.9 Å². The maximum atomic E-state index is 14.5. The highest BCUT2D eigenvalue weighted by Crippen LogP contribution is 2.62. The molecule has 0 aliphatic carbocycles. The number of imide groups is 1. The van der Waals surface area contributed by atoms with Crippen LogP contribution in [0.25, 0.3) is 16.6 Å². The monoisotopic (exact) mass is 488 g/mol. The number of carbonyl (C=O) groups excluding carboxylic acids is 2. The molecular formula is C30H24N4O3. The number of amides is 2. The number of aromatic nitrogens is 2. The second-order valence-electron chi connectivity index (χ2n) is 10.6. The van der Waals surface area contributed by atoms with Gasteiger partial charge in [-0.15, -0.1) is 0 Å². The third-order valence-electron chi connectivity index (χ3n) is 9.00. The molecule has 3 fully saturated rings. The first-order chi connectivity index (χ1) is 18.0. The fraction of sp³-hybridized carbons (Fsp3) is 0.267. The molecule has 2 amide bonds. The van der Waals surface area contributed by atoms with E-state index in [4.69, 9.17) is 4.98 Å². The highest BCUT2D eigenvalue weighted by molar-refractivity contribution is 6.23. The average Bonchev–Trinajstić information content (AvgIpc) is 3.62. The predicted octanol–water partition coefficient (Wildman–Crippen LogP) is 3.53. The third kappa shape index (κ3) is 2.32. The maximum absolute atomic E-state index is 14.5. The van der Waals surface area contributed by atoms with Crippen molar-refractivity contribution < 1.29 is 9.59 Å². The molecule has 4 aliphatic rings. The van der Waals surface area contributed by atoms with Crippen molar-refractivity contribution in [3.8, 4) is 5.69 Å². The van der Waals surface area contributed by atoms with Gasteiger partial charge in [0, 0.05) is 11.6 Å². The minimum absolute atomic E-state index is 0.0848. The molecule has 0 radical (unpaired) electrons. The summed E-state index contributed by atoms with van der Waals surface area (Å²) >= 11 is 0. The van der Waals surface area contributed by atoms with Crippen molar-refractivity contribution >= 4 is 28.4 Å². The number of fused-ring (bicyclic) bond motifs is 11. The van der Waals surface area contributed by atoms with Crippen LogP contribution in [-0.2, 0) is 15.1 Å². The van der Waals surface area contributed by atoms with E-state index < -0.39 is 17.4 Å². The Bertz CT molecular complexity index is 1740. The van der Waals surface area contributed by atoms with Crippen LogP contribution in [0.5, 0.6) is 0 Å². The van der Waals surface area contributed by atoms with Gasteiger partial charge in [0.2, 0.25) is 11.8 Å². The van der Waals surface area contributed by atoms with E-state index in [-0.39, 0.29) is 23.4 Å². The Morgan fingerprint density at radius 3 is 2.43 bits per heavy atom. The van der Waals surface area contributed by atoms with E-state index in [0.29, 0.717) is 22.4 Å². The van der Waals surface area contributed by atoms with E-state index in [0.717, 1.165) is 36.2 Å². The number of rotatable bonds is 1. The molecular weight excluding hydrogens is 464 g/mol. The first-order valence-electron chi connectivity index (χ1n) is 12.9. The molecule has 0 unspecified atom stereocenters. The minimum atomic E-state index is -0.976. The molecule has 4 aliphatic heterocycles. The lowest BCUT2D eigenvalue weighted by molar-refractivity contribution is -0.124. The van der Waals surface area contributed by atoms with Crippen LogP contribution in [0.4, 0.5) is 5.69 Å². The largest absolute Gasteiger partial charge is 0.283 e. The Balaban J connectivity index is 1.46. The molecule has 0 bridgehead atoms. The van der Waals surface area contributed by atoms with Gasteiger partial charge in [-0.05, 0) is 56.1 Å². The van der Waals surface area contributed by atoms with Crippen molar-refractivity contribution in [2.24, 2.45) is 11.8 Å². The summed E-state index contributed by atoms with van der Waals surface area (Å²) < 4.78 is 1.70. The Morgan fingerprint density at radius 2 is 1.59 bits per heavy atom. The number of anilines is 1. The highest BCUT2D eigenvalue weighted by atomic mass is 16.2. The number of hydrogen-bond donors (Lipinski definition) is 0. The minimum Gasteiger partial charge on any atom is -0.283 e. The van der Waals surface area contributed by atoms with Crippen molar-refractivity contribution in [1.29, 1.82) is 0 Å². The highest BCUT2D eigenvalue weighted by Gasteiger charge is 2.73. The number of para-hydroxylation sites is 3. The summed E-state index contributed by atoms with van der Waals surface area (Å²) in [6.07, 6.45) is 1.77. The van der Waals surface area contributed by atoms with E-state index in [1.807, 2.05) is 73.7 Å². The molecule has 0 saturated carbocycles. The van der Waals surface area contributed by atoms with Crippen molar-refractivity contribution in [2.75, 3.05) is 11.4 Å². The third-order valence-corrected chi connectivity index (χ3v) is 9.00. The van der Waals surface area contributed by atoms with Crippen molar-refractivity contribution in [3.63, 3.8) is 0 Å². The molecule has 4 atom stereocenters. The van der Waals surface area contributed by atoms with Crippen LogP contribution < -0.4 is 10.5 Å². The molecule has 3 saturated heterocycles. The normalized spacial score (nSPS) is 27.7. The molecule has 7 nitrogen and oxygen atoms in total. The summed E-state index contributed by atoms with van der Waals surface area (Å²) in [5, 5.41) is 0.543. The molecule has 5 heterocycles. The van der Waals surface area contributed by atoms with E-state index in [9.17, 15) is 14.4 Å². The Hall–Kier alpha value is -4.10. The van der Waals surface area contributed by atoms with Gasteiger partial charge in [0.1, 0.15) is 11.4 Å². The topological polar surface area (TPSA) is 75.5 Å². The van der Waals surface area contributed by atoms with Crippen LogP contribution in [-0.4, -0.2) is 38.9 Å². The lowest BCUT2D eigenvalue weighted by atomic mass is 9.75. The maximum Gasteiger partial charge on any atom is 0.266 e. The summed E-state index contributed by atoms with van der Waals surface area (Å²) in [5.41, 5.74) is 2.66. The fourth-order valence-corrected chi connectivity index (χ4v) is 7.67. The zero-order chi connectivity index (χ0) is 25.1. The van der Waals surface area contributed by atoms with Crippen LogP contribution in [0.1, 0.15) is 29.8 Å². The number of aryl methyl sites for hydroxylation is 1. The van der Waals surface area contributed by atoms with E-state index >= 15 is 0 Å². The Morgan fingerprint density at radius 1 is 0.865 bits per heavy atom. The molecule has 7 heteroatoms. The SMILES string of the molecule is Cc1ccccc1N1C(=O)[C@@H]2[C@@H]3CCCN3[C@]3(c4ccccc4-n4c3nc3ccccc3c4=O)[C@H]2C1=O. The lowest BCUT2D eigenvalue weighted by Crippen LogP contribution is -2.51. The smallest absolute Gasteiger partial charge is 0.266 e. The number of hydrogen-bond acceptors (Lipinski definition) is 5. The standard InChI is InChI=1S/C30H24N4O3/c1-17-9-2-6-13-21(17)33-27(36)24-23-15-8-16-32(23)30(25(24)28(33)37)19-11-4-7-14-22(19)34-26(35)18-10-3-5-12-20(18)31-29(30)34/h2-7,9-14,23-25H,8,15-16H2,1H3/t23-,24+,25+,30+/m0/s1. The number of benzene rings is 3. The molecule has 8 rings (SSSR count). The molecule has 182 valence electrons. The first-order valence-corrected chi connectivity index (χ1v) is 12.9. The summed E-state index contributed by atoms with van der Waals surface area (Å²) in [5.74, 6) is -0.934. The van der Waals surface area contributed by atoms with Gasteiger partial charge in [-0.25, -0.2) is 9.88 Å². The zero-order valence-corrected chi connectivity index (χ0v) is 20.3. The molecule has 0 N–H and O–H groups in total. The van der Waals surface area contributed by atoms with Gasteiger partial charge < -0.3 is 0 Å². The summed E-state index contributed by atoms with van der Waals surface area (Å²) in [4.78, 5) is 51.4. The zero-order valence-electron chi connectivity index (χ0n) is 20.3. The molecule has 3 aromatic carbocycles. The van der Waals surface area contributed by atoms with E-state index in [1.54, 1.807) is 10.6 Å².